The second-order valence-corrected chi connectivity index (χ2v) is 15.0. The van der Waals surface area contributed by atoms with Crippen molar-refractivity contribution in [1.82, 2.24) is 0 Å². The van der Waals surface area contributed by atoms with E-state index in [2.05, 4.69) is 77.1 Å². The standard InChI is InChI=1S/C33H32N2O6S4/c1-2-23(21-30-34(17-7-19-41-44(36)37)32-26-11-5-3-9-24(26)13-15-28(32)42-30)22-31-35(18-8-20-45(38,39)40)33-27-12-6-4-10-25(27)14-16-29(33)43-31/h3-6,9-16,21-22H,2,7-8,17-20H2,1H3,(H-,36,37,38,39,40). The summed E-state index contributed by atoms with van der Waals surface area (Å²) in [4.78, 5) is 3.41. The van der Waals surface area contributed by atoms with E-state index in [1.807, 2.05) is 24.3 Å². The van der Waals surface area contributed by atoms with Crippen molar-refractivity contribution in [3.05, 3.63) is 94.5 Å². The summed E-state index contributed by atoms with van der Waals surface area (Å²) < 4.78 is 62.7. The first-order chi connectivity index (χ1) is 21.7. The van der Waals surface area contributed by atoms with E-state index in [-0.39, 0.29) is 13.0 Å². The lowest BCUT2D eigenvalue weighted by Crippen LogP contribution is -2.36. The third kappa shape index (κ3) is 7.17. The van der Waals surface area contributed by atoms with Gasteiger partial charge in [0.05, 0.1) is 32.8 Å². The van der Waals surface area contributed by atoms with Crippen LogP contribution in [-0.4, -0.2) is 40.6 Å². The molecule has 1 aliphatic rings. The second kappa shape index (κ2) is 13.7. The van der Waals surface area contributed by atoms with Crippen LogP contribution in [0.3, 0.4) is 0 Å². The molecule has 0 radical (unpaired) electrons. The van der Waals surface area contributed by atoms with Gasteiger partial charge in [0.25, 0.3) is 5.01 Å². The Hall–Kier alpha value is -3.10. The molecule has 1 aromatic heterocycles. The van der Waals surface area contributed by atoms with E-state index < -0.39 is 27.2 Å². The van der Waals surface area contributed by atoms with Gasteiger partial charge in [0.1, 0.15) is 4.70 Å². The van der Waals surface area contributed by atoms with E-state index in [1.54, 1.807) is 23.1 Å². The molecule has 2 heterocycles. The number of allylic oxidation sites excluding steroid dienone is 2. The minimum Gasteiger partial charge on any atom is -0.748 e. The number of nitrogens with zero attached hydrogens (tertiary/aromatic N) is 2. The van der Waals surface area contributed by atoms with E-state index >= 15 is 0 Å². The molecule has 0 saturated heterocycles. The Balaban J connectivity index is 1.42. The van der Waals surface area contributed by atoms with Gasteiger partial charge in [-0.3, -0.25) is 8.74 Å². The first-order valence-corrected chi connectivity index (χ1v) is 18.9. The van der Waals surface area contributed by atoms with E-state index in [0.717, 1.165) is 64.4 Å². The lowest BCUT2D eigenvalue weighted by molar-refractivity contribution is -0.667. The Morgan fingerprint density at radius 2 is 1.73 bits per heavy atom. The molecule has 234 valence electrons. The summed E-state index contributed by atoms with van der Waals surface area (Å²) in [5.41, 5.74) is 3.24. The second-order valence-electron chi connectivity index (χ2n) is 10.7. The van der Waals surface area contributed by atoms with E-state index in [4.69, 9.17) is 8.74 Å². The molecule has 12 heteroatoms. The maximum atomic E-state index is 11.4. The zero-order valence-corrected chi connectivity index (χ0v) is 27.8. The first kappa shape index (κ1) is 31.9. The fraction of sp³-hybridized carbons (Fsp3) is 0.242. The Kier molecular flexibility index (Phi) is 9.71. The lowest BCUT2D eigenvalue weighted by atomic mass is 10.1. The van der Waals surface area contributed by atoms with E-state index in [9.17, 15) is 17.2 Å². The fourth-order valence-corrected chi connectivity index (χ4v) is 8.83. The number of aryl methyl sites for hydroxylation is 1. The zero-order valence-electron chi connectivity index (χ0n) is 24.5. The van der Waals surface area contributed by atoms with Crippen LogP contribution in [0.4, 0.5) is 5.69 Å². The number of anilines is 1. The summed E-state index contributed by atoms with van der Waals surface area (Å²) in [7, 11) is -4.32. The van der Waals surface area contributed by atoms with Gasteiger partial charge in [0, 0.05) is 35.1 Å². The molecule has 0 spiro atoms. The molecule has 8 nitrogen and oxygen atoms in total. The van der Waals surface area contributed by atoms with Crippen LogP contribution in [-0.2, 0) is 32.2 Å². The van der Waals surface area contributed by atoms with Gasteiger partial charge in [0.15, 0.2) is 6.54 Å². The van der Waals surface area contributed by atoms with Crippen molar-refractivity contribution >= 4 is 88.1 Å². The largest absolute Gasteiger partial charge is 0.748 e. The summed E-state index contributed by atoms with van der Waals surface area (Å²) in [6, 6.07) is 24.9. The van der Waals surface area contributed by atoms with Gasteiger partial charge < -0.3 is 9.45 Å². The molecule has 1 unspecified atom stereocenters. The van der Waals surface area contributed by atoms with Crippen LogP contribution in [0.2, 0.25) is 0 Å². The monoisotopic (exact) mass is 680 g/mol. The molecule has 0 amide bonds. The van der Waals surface area contributed by atoms with Crippen LogP contribution in [0, 0.1) is 0 Å². The summed E-state index contributed by atoms with van der Waals surface area (Å²) in [6.07, 6.45) is 5.90. The van der Waals surface area contributed by atoms with Crippen LogP contribution in [0.1, 0.15) is 31.2 Å². The van der Waals surface area contributed by atoms with Crippen molar-refractivity contribution in [3.63, 3.8) is 0 Å². The Bertz CT molecular complexity index is 2090. The number of fused-ring (bicyclic) bond motifs is 6. The third-order valence-corrected chi connectivity index (χ3v) is 11.1. The Labute approximate surface area is 273 Å². The smallest absolute Gasteiger partial charge is 0.301 e. The van der Waals surface area contributed by atoms with Crippen molar-refractivity contribution in [2.45, 2.75) is 37.6 Å². The first-order valence-electron chi connectivity index (χ1n) is 14.6. The van der Waals surface area contributed by atoms with Gasteiger partial charge in [-0.25, -0.2) is 8.42 Å². The fourth-order valence-electron chi connectivity index (χ4n) is 5.72. The van der Waals surface area contributed by atoms with Crippen LogP contribution in [0.15, 0.2) is 94.4 Å². The third-order valence-electron chi connectivity index (χ3n) is 7.74. The normalized spacial score (nSPS) is 15.5. The highest BCUT2D eigenvalue weighted by molar-refractivity contribution is 8.03. The van der Waals surface area contributed by atoms with Gasteiger partial charge in [-0.05, 0) is 53.5 Å². The highest BCUT2D eigenvalue weighted by atomic mass is 32.2. The number of benzene rings is 4. The number of thioether (sulfide) groups is 1. The average molecular weight is 681 g/mol. The number of aromatic nitrogens is 1. The predicted octanol–water partition coefficient (Wildman–Crippen LogP) is 7.22. The van der Waals surface area contributed by atoms with E-state index in [0.29, 0.717) is 19.5 Å². The zero-order chi connectivity index (χ0) is 31.6. The van der Waals surface area contributed by atoms with Gasteiger partial charge in [-0.15, -0.1) is 0 Å². The lowest BCUT2D eigenvalue weighted by Gasteiger charge is -2.22. The molecule has 5 aromatic rings. The van der Waals surface area contributed by atoms with Crippen LogP contribution < -0.4 is 9.47 Å². The molecule has 1 aliphatic heterocycles. The molecule has 45 heavy (non-hydrogen) atoms. The highest BCUT2D eigenvalue weighted by Crippen LogP contribution is 2.50. The van der Waals surface area contributed by atoms with Crippen molar-refractivity contribution in [2.75, 3.05) is 23.8 Å². The predicted molar refractivity (Wildman–Crippen MR) is 184 cm³/mol. The molecule has 0 fully saturated rings. The molecular weight excluding hydrogens is 649 g/mol. The summed E-state index contributed by atoms with van der Waals surface area (Å²) >= 11 is 1.04. The minimum atomic E-state index is -4.32. The summed E-state index contributed by atoms with van der Waals surface area (Å²) in [6.45, 7) is 3.27. The van der Waals surface area contributed by atoms with Crippen molar-refractivity contribution in [1.29, 1.82) is 0 Å². The van der Waals surface area contributed by atoms with Crippen LogP contribution in [0.25, 0.3) is 37.8 Å². The number of hydrogen-bond acceptors (Lipinski definition) is 8. The Morgan fingerprint density at radius 1 is 1.02 bits per heavy atom. The maximum Gasteiger partial charge on any atom is 0.301 e. The summed E-state index contributed by atoms with van der Waals surface area (Å²) in [5, 5.41) is 6.49. The molecule has 1 N–H and O–H groups in total. The highest BCUT2D eigenvalue weighted by Gasteiger charge is 2.28. The molecule has 0 saturated carbocycles. The van der Waals surface area contributed by atoms with Crippen molar-refractivity contribution in [2.24, 2.45) is 0 Å². The molecule has 0 bridgehead atoms. The van der Waals surface area contributed by atoms with Gasteiger partial charge in [0.2, 0.25) is 5.52 Å². The van der Waals surface area contributed by atoms with Crippen molar-refractivity contribution in [3.8, 4) is 0 Å². The maximum absolute atomic E-state index is 11.4. The van der Waals surface area contributed by atoms with Crippen molar-refractivity contribution < 1.29 is 30.5 Å². The minimum absolute atomic E-state index is 0.156. The number of thiazole rings is 1. The van der Waals surface area contributed by atoms with Crippen LogP contribution >= 0.6 is 23.1 Å². The molecule has 1 atom stereocenters. The topological polar surface area (TPSA) is 111 Å². The molecular formula is C33H32N2O6S4. The molecule has 4 aromatic carbocycles. The average Bonchev–Trinajstić information content (AvgIpc) is 3.55. The molecule has 0 aliphatic carbocycles. The quantitative estimate of drug-likeness (QED) is 0.0637. The molecule has 6 rings (SSSR count). The summed E-state index contributed by atoms with van der Waals surface area (Å²) in [5.74, 6) is -0.415. The SMILES string of the molecule is CCC(=Cc1sc2ccc3ccccc3c2[n+]1CCCS(=O)(=O)[O-])C=C1Sc2ccc3ccccc3c2N1CCCOS(=O)O. The van der Waals surface area contributed by atoms with Gasteiger partial charge in [-0.2, -0.15) is 8.78 Å². The van der Waals surface area contributed by atoms with E-state index in [1.165, 1.54) is 0 Å². The van der Waals surface area contributed by atoms with Crippen LogP contribution in [0.5, 0.6) is 0 Å². The number of hydrogen-bond donors (Lipinski definition) is 1. The number of rotatable bonds is 12. The Morgan fingerprint density at radius 3 is 2.47 bits per heavy atom. The van der Waals surface area contributed by atoms with Gasteiger partial charge >= 0.3 is 11.4 Å². The van der Waals surface area contributed by atoms with Gasteiger partial charge in [-0.1, -0.05) is 84.6 Å².